The molecule has 2 amide bonds. The Labute approximate surface area is 111 Å². The van der Waals surface area contributed by atoms with E-state index in [0.717, 1.165) is 0 Å². The summed E-state index contributed by atoms with van der Waals surface area (Å²) < 4.78 is 4.78. The van der Waals surface area contributed by atoms with Crippen molar-refractivity contribution in [3.63, 3.8) is 0 Å². The molecule has 6 nitrogen and oxygen atoms in total. The van der Waals surface area contributed by atoms with E-state index in [1.807, 2.05) is 0 Å². The molecule has 6 heteroatoms. The third kappa shape index (κ3) is 6.42. The highest BCUT2D eigenvalue weighted by molar-refractivity contribution is 5.85. The summed E-state index contributed by atoms with van der Waals surface area (Å²) >= 11 is 0. The lowest BCUT2D eigenvalue weighted by Crippen LogP contribution is -2.38. The Kier molecular flexibility index (Phi) is 6.38. The molecule has 19 heavy (non-hydrogen) atoms. The van der Waals surface area contributed by atoms with Crippen LogP contribution in [0.2, 0.25) is 0 Å². The van der Waals surface area contributed by atoms with Crippen LogP contribution in [-0.4, -0.2) is 43.7 Å². The quantitative estimate of drug-likeness (QED) is 0.597. The highest BCUT2D eigenvalue weighted by Gasteiger charge is 2.06. The van der Waals surface area contributed by atoms with Gasteiger partial charge < -0.3 is 20.5 Å². The molecule has 1 rings (SSSR count). The van der Waals surface area contributed by atoms with Gasteiger partial charge in [-0.2, -0.15) is 0 Å². The summed E-state index contributed by atoms with van der Waals surface area (Å²) in [7, 11) is 1.54. The normalized spacial score (nSPS) is 9.95. The van der Waals surface area contributed by atoms with Gasteiger partial charge in [-0.1, -0.05) is 12.1 Å². The van der Waals surface area contributed by atoms with Gasteiger partial charge in [-0.3, -0.25) is 9.59 Å². The Hall–Kier alpha value is -2.08. The van der Waals surface area contributed by atoms with Gasteiger partial charge in [-0.15, -0.1) is 0 Å². The number of carbonyl (C=O) groups is 2. The molecule has 0 aliphatic heterocycles. The molecule has 0 atom stereocenters. The molecule has 0 spiro atoms. The van der Waals surface area contributed by atoms with Gasteiger partial charge in [0.25, 0.3) is 0 Å². The van der Waals surface area contributed by atoms with Crippen molar-refractivity contribution in [3.8, 4) is 5.75 Å². The number of benzene rings is 1. The summed E-state index contributed by atoms with van der Waals surface area (Å²) in [6, 6.07) is 6.44. The van der Waals surface area contributed by atoms with Gasteiger partial charge >= 0.3 is 0 Å². The molecule has 0 saturated carbocycles. The number of hydrogen-bond donors (Lipinski definition) is 3. The van der Waals surface area contributed by atoms with Gasteiger partial charge in [0.2, 0.25) is 11.8 Å². The topological polar surface area (TPSA) is 87.7 Å². The molecular weight excluding hydrogens is 248 g/mol. The Bertz CT molecular complexity index is 434. The van der Waals surface area contributed by atoms with Crippen LogP contribution in [0.15, 0.2) is 24.3 Å². The number of methoxy groups -OCH3 is 1. The van der Waals surface area contributed by atoms with E-state index < -0.39 is 0 Å². The minimum atomic E-state index is -0.271. The number of aromatic hydroxyl groups is 1. The minimum absolute atomic E-state index is 0.0681. The second-order valence-corrected chi connectivity index (χ2v) is 3.97. The van der Waals surface area contributed by atoms with Crippen LogP contribution in [0.25, 0.3) is 0 Å². The fraction of sp³-hybridized carbons (Fsp3) is 0.385. The summed E-state index contributed by atoms with van der Waals surface area (Å²) in [6.45, 7) is 0.780. The highest BCUT2D eigenvalue weighted by atomic mass is 16.5. The number of hydrogen-bond acceptors (Lipinski definition) is 4. The maximum atomic E-state index is 11.6. The maximum Gasteiger partial charge on any atom is 0.239 e. The average molecular weight is 266 g/mol. The van der Waals surface area contributed by atoms with Crippen LogP contribution in [0, 0.1) is 0 Å². The molecule has 1 aromatic carbocycles. The number of rotatable bonds is 7. The second kappa shape index (κ2) is 8.10. The van der Waals surface area contributed by atoms with Crippen molar-refractivity contribution in [2.75, 3.05) is 26.8 Å². The molecule has 0 fully saturated rings. The van der Waals surface area contributed by atoms with Crippen molar-refractivity contribution in [1.82, 2.24) is 10.6 Å². The van der Waals surface area contributed by atoms with E-state index in [1.54, 1.807) is 19.2 Å². The van der Waals surface area contributed by atoms with Crippen LogP contribution >= 0.6 is 0 Å². The van der Waals surface area contributed by atoms with Crippen LogP contribution in [0.5, 0.6) is 5.75 Å². The summed E-state index contributed by atoms with van der Waals surface area (Å²) in [5.74, 6) is -0.420. The first kappa shape index (κ1) is 15.0. The number of carbonyl (C=O) groups excluding carboxylic acids is 2. The zero-order valence-electron chi connectivity index (χ0n) is 10.8. The van der Waals surface area contributed by atoms with Crippen LogP contribution in [0.3, 0.4) is 0 Å². The first-order valence-electron chi connectivity index (χ1n) is 5.92. The SMILES string of the molecule is COCCNC(=O)CNC(=O)Cc1cccc(O)c1. The van der Waals surface area contributed by atoms with E-state index in [4.69, 9.17) is 4.74 Å². The monoisotopic (exact) mass is 266 g/mol. The zero-order valence-corrected chi connectivity index (χ0v) is 10.8. The molecule has 0 bridgehead atoms. The lowest BCUT2D eigenvalue weighted by molar-refractivity contribution is -0.125. The largest absolute Gasteiger partial charge is 0.508 e. The smallest absolute Gasteiger partial charge is 0.239 e. The van der Waals surface area contributed by atoms with Crippen molar-refractivity contribution in [1.29, 1.82) is 0 Å². The molecule has 0 saturated heterocycles. The molecule has 0 unspecified atom stereocenters. The molecule has 0 aliphatic carbocycles. The molecule has 104 valence electrons. The van der Waals surface area contributed by atoms with Gasteiger partial charge in [0, 0.05) is 13.7 Å². The van der Waals surface area contributed by atoms with E-state index in [-0.39, 0.29) is 30.5 Å². The van der Waals surface area contributed by atoms with E-state index in [2.05, 4.69) is 10.6 Å². The standard InChI is InChI=1S/C13H18N2O4/c1-19-6-5-14-13(18)9-15-12(17)8-10-3-2-4-11(16)7-10/h2-4,7,16H,5-6,8-9H2,1H3,(H,14,18)(H,15,17). The Balaban J connectivity index is 2.26. The molecule has 1 aromatic rings. The van der Waals surface area contributed by atoms with E-state index in [9.17, 15) is 14.7 Å². The van der Waals surface area contributed by atoms with E-state index in [0.29, 0.717) is 18.7 Å². The third-order valence-electron chi connectivity index (χ3n) is 2.35. The van der Waals surface area contributed by atoms with Crippen LogP contribution in [-0.2, 0) is 20.7 Å². The van der Waals surface area contributed by atoms with Gasteiger partial charge in [0.1, 0.15) is 5.75 Å². The predicted molar refractivity (Wildman–Crippen MR) is 69.7 cm³/mol. The number of phenolic OH excluding ortho intramolecular Hbond substituents is 1. The van der Waals surface area contributed by atoms with Gasteiger partial charge in [-0.05, 0) is 17.7 Å². The lowest BCUT2D eigenvalue weighted by atomic mass is 10.1. The number of ether oxygens (including phenoxy) is 1. The van der Waals surface area contributed by atoms with Crippen LogP contribution < -0.4 is 10.6 Å². The van der Waals surface area contributed by atoms with Crippen molar-refractivity contribution < 1.29 is 19.4 Å². The number of nitrogens with one attached hydrogen (secondary N) is 2. The van der Waals surface area contributed by atoms with Crippen molar-refractivity contribution >= 4 is 11.8 Å². The zero-order chi connectivity index (χ0) is 14.1. The summed E-state index contributed by atoms with van der Waals surface area (Å²) in [5.41, 5.74) is 0.692. The molecular formula is C13H18N2O4. The highest BCUT2D eigenvalue weighted by Crippen LogP contribution is 2.10. The maximum absolute atomic E-state index is 11.6. The average Bonchev–Trinajstić information content (AvgIpc) is 2.37. The lowest BCUT2D eigenvalue weighted by Gasteiger charge is -2.06. The number of phenols is 1. The second-order valence-electron chi connectivity index (χ2n) is 3.97. The first-order chi connectivity index (χ1) is 9.11. The summed E-state index contributed by atoms with van der Waals surface area (Å²) in [6.07, 6.45) is 0.125. The van der Waals surface area contributed by atoms with Gasteiger partial charge in [0.05, 0.1) is 19.6 Å². The van der Waals surface area contributed by atoms with Crippen molar-refractivity contribution in [3.05, 3.63) is 29.8 Å². The predicted octanol–water partition coefficient (Wildman–Crippen LogP) is -0.186. The third-order valence-corrected chi connectivity index (χ3v) is 2.35. The molecule has 0 heterocycles. The molecule has 0 aromatic heterocycles. The Morgan fingerprint density at radius 2 is 2.05 bits per heavy atom. The van der Waals surface area contributed by atoms with E-state index >= 15 is 0 Å². The fourth-order valence-corrected chi connectivity index (χ4v) is 1.45. The molecule has 0 aliphatic rings. The minimum Gasteiger partial charge on any atom is -0.508 e. The molecule has 0 radical (unpaired) electrons. The number of amides is 2. The van der Waals surface area contributed by atoms with Crippen LogP contribution in [0.4, 0.5) is 0 Å². The molecule has 3 N–H and O–H groups in total. The van der Waals surface area contributed by atoms with Gasteiger partial charge in [0.15, 0.2) is 0 Å². The van der Waals surface area contributed by atoms with Crippen molar-refractivity contribution in [2.45, 2.75) is 6.42 Å². The summed E-state index contributed by atoms with van der Waals surface area (Å²) in [5, 5.41) is 14.4. The Morgan fingerprint density at radius 1 is 1.26 bits per heavy atom. The van der Waals surface area contributed by atoms with Crippen LogP contribution in [0.1, 0.15) is 5.56 Å². The first-order valence-corrected chi connectivity index (χ1v) is 5.92. The fourth-order valence-electron chi connectivity index (χ4n) is 1.45. The Morgan fingerprint density at radius 3 is 2.74 bits per heavy atom. The summed E-state index contributed by atoms with van der Waals surface area (Å²) in [4.78, 5) is 22.9. The van der Waals surface area contributed by atoms with E-state index in [1.165, 1.54) is 12.1 Å². The van der Waals surface area contributed by atoms with Crippen molar-refractivity contribution in [2.24, 2.45) is 0 Å². The van der Waals surface area contributed by atoms with Gasteiger partial charge in [-0.25, -0.2) is 0 Å².